The number of hydrogen-bond acceptors (Lipinski definition) is 0. The molecule has 2 aromatic carbocycles. The molecule has 1 fully saturated rings. The van der Waals surface area contributed by atoms with Gasteiger partial charge in [-0.1, -0.05) is 37.3 Å². The van der Waals surface area contributed by atoms with Crippen LogP contribution in [0.2, 0.25) is 0 Å². The molecule has 0 atom stereocenters. The summed E-state index contributed by atoms with van der Waals surface area (Å²) in [6.07, 6.45) is 0.217. The van der Waals surface area contributed by atoms with Crippen molar-refractivity contribution in [2.45, 2.75) is 57.5 Å². The molecule has 2 aromatic rings. The van der Waals surface area contributed by atoms with Crippen molar-refractivity contribution >= 4 is 0 Å². The van der Waals surface area contributed by atoms with Crippen LogP contribution in [0.4, 0.5) is 22.0 Å². The molecule has 0 amide bonds. The molecular formula is C24H23F5. The Morgan fingerprint density at radius 3 is 2.03 bits per heavy atom. The van der Waals surface area contributed by atoms with Gasteiger partial charge in [0.15, 0.2) is 0 Å². The van der Waals surface area contributed by atoms with E-state index in [1.54, 1.807) is 12.1 Å². The third kappa shape index (κ3) is 5.38. The van der Waals surface area contributed by atoms with Gasteiger partial charge in [-0.05, 0) is 73.4 Å². The molecule has 5 heteroatoms. The Hall–Kier alpha value is -2.35. The summed E-state index contributed by atoms with van der Waals surface area (Å²) in [6, 6.07) is 8.02. The molecule has 0 unspecified atom stereocenters. The van der Waals surface area contributed by atoms with Crippen LogP contribution in [0.5, 0.6) is 0 Å². The largest absolute Gasteiger partial charge is 0.416 e. The number of rotatable bonds is 3. The van der Waals surface area contributed by atoms with E-state index in [-0.39, 0.29) is 17.4 Å². The van der Waals surface area contributed by atoms with Gasteiger partial charge in [0.1, 0.15) is 11.6 Å². The Morgan fingerprint density at radius 1 is 0.931 bits per heavy atom. The Morgan fingerprint density at radius 2 is 1.52 bits per heavy atom. The van der Waals surface area contributed by atoms with E-state index in [9.17, 15) is 22.0 Å². The van der Waals surface area contributed by atoms with Gasteiger partial charge in [0.2, 0.25) is 0 Å². The normalized spacial score (nSPS) is 19.5. The second-order valence-corrected chi connectivity index (χ2v) is 7.62. The van der Waals surface area contributed by atoms with Crippen molar-refractivity contribution in [3.05, 3.63) is 70.3 Å². The van der Waals surface area contributed by atoms with E-state index in [0.29, 0.717) is 12.0 Å². The van der Waals surface area contributed by atoms with E-state index in [1.165, 1.54) is 12.1 Å². The lowest BCUT2D eigenvalue weighted by atomic mass is 9.79. The van der Waals surface area contributed by atoms with E-state index in [2.05, 4.69) is 11.8 Å². The zero-order valence-electron chi connectivity index (χ0n) is 16.3. The lowest BCUT2D eigenvalue weighted by Crippen LogP contribution is -2.12. The Balaban J connectivity index is 1.63. The molecule has 0 aromatic heterocycles. The highest BCUT2D eigenvalue weighted by Crippen LogP contribution is 2.37. The summed E-state index contributed by atoms with van der Waals surface area (Å²) in [5.74, 6) is 4.64. The third-order valence-corrected chi connectivity index (χ3v) is 5.48. The number of aryl methyl sites for hydroxylation is 1. The molecule has 29 heavy (non-hydrogen) atoms. The average molecular weight is 406 g/mol. The van der Waals surface area contributed by atoms with E-state index in [1.807, 2.05) is 6.92 Å². The van der Waals surface area contributed by atoms with Gasteiger partial charge in [-0.25, -0.2) is 8.78 Å². The molecule has 0 saturated heterocycles. The fourth-order valence-electron chi connectivity index (χ4n) is 3.87. The Labute approximate surface area is 168 Å². The number of halogens is 5. The predicted molar refractivity (Wildman–Crippen MR) is 103 cm³/mol. The first kappa shape index (κ1) is 21.4. The molecule has 0 nitrogen and oxygen atoms in total. The molecule has 1 aliphatic carbocycles. The molecule has 0 radical (unpaired) electrons. The summed E-state index contributed by atoms with van der Waals surface area (Å²) in [5, 5.41) is 0. The highest BCUT2D eigenvalue weighted by atomic mass is 19.4. The third-order valence-electron chi connectivity index (χ3n) is 5.48. The van der Waals surface area contributed by atoms with Gasteiger partial charge in [0.05, 0.1) is 11.1 Å². The first-order valence-electron chi connectivity index (χ1n) is 9.94. The fraction of sp³-hybridized carbons (Fsp3) is 0.417. The van der Waals surface area contributed by atoms with Crippen LogP contribution < -0.4 is 0 Å². The van der Waals surface area contributed by atoms with Crippen LogP contribution in [0.25, 0.3) is 0 Å². The minimum absolute atomic E-state index is 0.0369. The number of hydrogen-bond donors (Lipinski definition) is 0. The first-order chi connectivity index (χ1) is 13.8. The molecule has 3 rings (SSSR count). The van der Waals surface area contributed by atoms with Crippen LogP contribution in [-0.4, -0.2) is 0 Å². The molecule has 0 aliphatic heterocycles. The molecule has 0 N–H and O–H groups in total. The minimum Gasteiger partial charge on any atom is -0.206 e. The second kappa shape index (κ2) is 8.98. The minimum atomic E-state index is -4.33. The van der Waals surface area contributed by atoms with Gasteiger partial charge < -0.3 is 0 Å². The van der Waals surface area contributed by atoms with Crippen LogP contribution in [0, 0.1) is 29.4 Å². The lowest BCUT2D eigenvalue weighted by Gasteiger charge is -2.26. The summed E-state index contributed by atoms with van der Waals surface area (Å²) < 4.78 is 66.4. The average Bonchev–Trinajstić information content (AvgIpc) is 2.67. The van der Waals surface area contributed by atoms with Crippen LogP contribution >= 0.6 is 0 Å². The van der Waals surface area contributed by atoms with Crippen LogP contribution in [0.3, 0.4) is 0 Å². The quantitative estimate of drug-likeness (QED) is 0.372. The number of benzene rings is 2. The van der Waals surface area contributed by atoms with E-state index in [0.717, 1.165) is 49.8 Å². The van der Waals surface area contributed by atoms with E-state index < -0.39 is 23.4 Å². The zero-order chi connectivity index (χ0) is 21.0. The summed E-state index contributed by atoms with van der Waals surface area (Å²) in [7, 11) is 0. The van der Waals surface area contributed by atoms with Gasteiger partial charge >= 0.3 is 6.18 Å². The van der Waals surface area contributed by atoms with Gasteiger partial charge in [-0.2, -0.15) is 13.2 Å². The summed E-state index contributed by atoms with van der Waals surface area (Å²) in [4.78, 5) is 0. The molecular weight excluding hydrogens is 383 g/mol. The van der Waals surface area contributed by atoms with Crippen molar-refractivity contribution in [1.29, 1.82) is 0 Å². The molecule has 0 bridgehead atoms. The maximum Gasteiger partial charge on any atom is 0.416 e. The van der Waals surface area contributed by atoms with Crippen LogP contribution in [0.15, 0.2) is 36.4 Å². The van der Waals surface area contributed by atoms with Gasteiger partial charge in [-0.15, -0.1) is 0 Å². The summed E-state index contributed by atoms with van der Waals surface area (Å²) in [6.45, 7) is 1.95. The lowest BCUT2D eigenvalue weighted by molar-refractivity contribution is -0.137. The predicted octanol–water partition coefficient (Wildman–Crippen LogP) is 7.26. The SMILES string of the molecule is CCCc1cc(F)c(C#C[C@H]2CC[C@H](c3ccc(C(F)(F)F)cc3)CC2)c(F)c1. The molecule has 1 saturated carbocycles. The van der Waals surface area contributed by atoms with Gasteiger partial charge in [-0.3, -0.25) is 0 Å². The molecule has 0 heterocycles. The van der Waals surface area contributed by atoms with Crippen LogP contribution in [0.1, 0.15) is 67.2 Å². The number of alkyl halides is 3. The van der Waals surface area contributed by atoms with Gasteiger partial charge in [0, 0.05) is 5.92 Å². The molecule has 1 aliphatic rings. The van der Waals surface area contributed by atoms with Crippen molar-refractivity contribution < 1.29 is 22.0 Å². The van der Waals surface area contributed by atoms with Crippen molar-refractivity contribution in [1.82, 2.24) is 0 Å². The standard InChI is InChI=1S/C24H23F5/c1-2-3-17-14-22(25)21(23(26)15-17)13-6-16-4-7-18(8-5-16)19-9-11-20(12-10-19)24(27,28)29/h9-12,14-16,18H,2-5,7-8H2,1H3/t16-,18-. The first-order valence-corrected chi connectivity index (χ1v) is 9.94. The summed E-state index contributed by atoms with van der Waals surface area (Å²) in [5.41, 5.74) is 0.697. The highest BCUT2D eigenvalue weighted by Gasteiger charge is 2.30. The van der Waals surface area contributed by atoms with Crippen molar-refractivity contribution in [3.8, 4) is 11.8 Å². The topological polar surface area (TPSA) is 0 Å². The molecule has 154 valence electrons. The van der Waals surface area contributed by atoms with Crippen LogP contribution in [-0.2, 0) is 12.6 Å². The van der Waals surface area contributed by atoms with E-state index in [4.69, 9.17) is 0 Å². The maximum absolute atomic E-state index is 14.2. The summed E-state index contributed by atoms with van der Waals surface area (Å²) >= 11 is 0. The van der Waals surface area contributed by atoms with E-state index >= 15 is 0 Å². The van der Waals surface area contributed by atoms with Crippen molar-refractivity contribution in [2.75, 3.05) is 0 Å². The maximum atomic E-state index is 14.2. The molecule has 0 spiro atoms. The Bertz CT molecular complexity index is 869. The monoisotopic (exact) mass is 406 g/mol. The highest BCUT2D eigenvalue weighted by molar-refractivity contribution is 5.39. The smallest absolute Gasteiger partial charge is 0.206 e. The zero-order valence-corrected chi connectivity index (χ0v) is 16.3. The van der Waals surface area contributed by atoms with Crippen molar-refractivity contribution in [2.24, 2.45) is 5.92 Å². The fourth-order valence-corrected chi connectivity index (χ4v) is 3.87. The van der Waals surface area contributed by atoms with Gasteiger partial charge in [0.25, 0.3) is 0 Å². The second-order valence-electron chi connectivity index (χ2n) is 7.62. The Kier molecular flexibility index (Phi) is 6.62. The van der Waals surface area contributed by atoms with Crippen molar-refractivity contribution in [3.63, 3.8) is 0 Å².